The summed E-state index contributed by atoms with van der Waals surface area (Å²) in [6.45, 7) is 0. The molecule has 1 atom stereocenters. The highest BCUT2D eigenvalue weighted by molar-refractivity contribution is 6.30. The van der Waals surface area contributed by atoms with E-state index in [9.17, 15) is 8.78 Å². The summed E-state index contributed by atoms with van der Waals surface area (Å²) >= 11 is 5.80. The summed E-state index contributed by atoms with van der Waals surface area (Å²) < 4.78 is 32.5. The Morgan fingerprint density at radius 3 is 2.42 bits per heavy atom. The number of hydrogen-bond acceptors (Lipinski definition) is 2. The van der Waals surface area contributed by atoms with Gasteiger partial charge in [0.1, 0.15) is 17.4 Å². The van der Waals surface area contributed by atoms with Crippen LogP contribution >= 0.6 is 11.6 Å². The first-order valence-corrected chi connectivity index (χ1v) is 5.94. The SMILES string of the molecule is COc1ccc(C(N)c2cc(Cl)ccc2F)c(F)c1. The van der Waals surface area contributed by atoms with Crippen molar-refractivity contribution in [3.05, 3.63) is 64.2 Å². The van der Waals surface area contributed by atoms with E-state index < -0.39 is 17.7 Å². The van der Waals surface area contributed by atoms with Gasteiger partial charge in [-0.25, -0.2) is 8.78 Å². The Morgan fingerprint density at radius 1 is 1.05 bits per heavy atom. The van der Waals surface area contributed by atoms with E-state index in [2.05, 4.69) is 0 Å². The molecule has 19 heavy (non-hydrogen) atoms. The van der Waals surface area contributed by atoms with Crippen LogP contribution in [-0.4, -0.2) is 7.11 Å². The summed E-state index contributed by atoms with van der Waals surface area (Å²) in [4.78, 5) is 0. The fourth-order valence-electron chi connectivity index (χ4n) is 1.81. The van der Waals surface area contributed by atoms with E-state index in [1.54, 1.807) is 6.07 Å². The van der Waals surface area contributed by atoms with Crippen molar-refractivity contribution in [2.45, 2.75) is 6.04 Å². The van der Waals surface area contributed by atoms with Crippen LogP contribution in [-0.2, 0) is 0 Å². The molecule has 100 valence electrons. The zero-order valence-electron chi connectivity index (χ0n) is 10.2. The first-order chi connectivity index (χ1) is 9.02. The molecule has 1 unspecified atom stereocenters. The number of ether oxygens (including phenoxy) is 1. The molecule has 0 saturated carbocycles. The Balaban J connectivity index is 2.43. The minimum Gasteiger partial charge on any atom is -0.497 e. The van der Waals surface area contributed by atoms with Crippen molar-refractivity contribution in [3.8, 4) is 5.75 Å². The Morgan fingerprint density at radius 2 is 1.79 bits per heavy atom. The monoisotopic (exact) mass is 283 g/mol. The van der Waals surface area contributed by atoms with Gasteiger partial charge in [0.25, 0.3) is 0 Å². The maximum atomic E-state index is 13.9. The predicted octanol–water partition coefficient (Wildman–Crippen LogP) is 3.67. The second-order valence-electron chi connectivity index (χ2n) is 4.03. The lowest BCUT2D eigenvalue weighted by molar-refractivity contribution is 0.410. The number of benzene rings is 2. The van der Waals surface area contributed by atoms with E-state index in [-0.39, 0.29) is 11.1 Å². The molecule has 0 amide bonds. The number of halogens is 3. The molecule has 2 aromatic rings. The van der Waals surface area contributed by atoms with Gasteiger partial charge < -0.3 is 10.5 Å². The molecule has 2 N–H and O–H groups in total. The van der Waals surface area contributed by atoms with Crippen molar-refractivity contribution in [2.75, 3.05) is 7.11 Å². The first kappa shape index (κ1) is 13.8. The summed E-state index contributed by atoms with van der Waals surface area (Å²) in [7, 11) is 1.44. The van der Waals surface area contributed by atoms with Crippen LogP contribution < -0.4 is 10.5 Å². The molecule has 0 heterocycles. The summed E-state index contributed by atoms with van der Waals surface area (Å²) in [5.74, 6) is -0.696. The molecule has 2 aromatic carbocycles. The van der Waals surface area contributed by atoms with Crippen LogP contribution in [0.3, 0.4) is 0 Å². The molecule has 0 aliphatic carbocycles. The zero-order chi connectivity index (χ0) is 14.0. The van der Waals surface area contributed by atoms with E-state index in [0.29, 0.717) is 10.8 Å². The van der Waals surface area contributed by atoms with E-state index in [4.69, 9.17) is 22.1 Å². The van der Waals surface area contributed by atoms with Crippen LogP contribution in [0.1, 0.15) is 17.2 Å². The van der Waals surface area contributed by atoms with Crippen LogP contribution in [0.5, 0.6) is 5.75 Å². The molecule has 2 rings (SSSR count). The van der Waals surface area contributed by atoms with Crippen LogP contribution in [0.15, 0.2) is 36.4 Å². The van der Waals surface area contributed by atoms with E-state index in [1.165, 1.54) is 37.4 Å². The summed E-state index contributed by atoms with van der Waals surface area (Å²) in [5, 5.41) is 0.348. The van der Waals surface area contributed by atoms with Crippen molar-refractivity contribution in [3.63, 3.8) is 0 Å². The summed E-state index contributed by atoms with van der Waals surface area (Å²) in [5.41, 5.74) is 6.23. The molecular weight excluding hydrogens is 272 g/mol. The minimum atomic E-state index is -0.926. The van der Waals surface area contributed by atoms with Crippen molar-refractivity contribution >= 4 is 11.6 Å². The highest BCUT2D eigenvalue weighted by atomic mass is 35.5. The average molecular weight is 284 g/mol. The smallest absolute Gasteiger partial charge is 0.132 e. The number of nitrogens with two attached hydrogens (primary N) is 1. The van der Waals surface area contributed by atoms with Gasteiger partial charge >= 0.3 is 0 Å². The van der Waals surface area contributed by atoms with Gasteiger partial charge in [0.05, 0.1) is 13.2 Å². The number of rotatable bonds is 3. The fourth-order valence-corrected chi connectivity index (χ4v) is 1.99. The average Bonchev–Trinajstić information content (AvgIpc) is 2.40. The third-order valence-corrected chi connectivity index (χ3v) is 3.07. The second-order valence-corrected chi connectivity index (χ2v) is 4.47. The lowest BCUT2D eigenvalue weighted by Gasteiger charge is -2.15. The zero-order valence-corrected chi connectivity index (χ0v) is 10.9. The van der Waals surface area contributed by atoms with E-state index in [0.717, 1.165) is 0 Å². The van der Waals surface area contributed by atoms with Gasteiger partial charge in [-0.05, 0) is 24.3 Å². The van der Waals surface area contributed by atoms with Crippen LogP contribution in [0, 0.1) is 11.6 Å². The minimum absolute atomic E-state index is 0.150. The van der Waals surface area contributed by atoms with Crippen LogP contribution in [0.2, 0.25) is 5.02 Å². The van der Waals surface area contributed by atoms with Crippen molar-refractivity contribution in [1.82, 2.24) is 0 Å². The molecule has 0 aliphatic heterocycles. The Bertz CT molecular complexity index is 604. The standard InChI is InChI=1S/C14H12ClF2NO/c1-19-9-3-4-10(13(17)7-9)14(18)11-6-8(15)2-5-12(11)16/h2-7,14H,18H2,1H3. The lowest BCUT2D eigenvalue weighted by atomic mass is 9.98. The summed E-state index contributed by atoms with van der Waals surface area (Å²) in [6, 6.07) is 7.34. The maximum absolute atomic E-state index is 13.9. The van der Waals surface area contributed by atoms with Gasteiger partial charge in [-0.3, -0.25) is 0 Å². The lowest BCUT2D eigenvalue weighted by Crippen LogP contribution is -2.15. The topological polar surface area (TPSA) is 35.2 Å². The third kappa shape index (κ3) is 2.85. The van der Waals surface area contributed by atoms with Crippen molar-refractivity contribution in [2.24, 2.45) is 5.73 Å². The normalized spacial score (nSPS) is 12.3. The highest BCUT2D eigenvalue weighted by Crippen LogP contribution is 2.28. The van der Waals surface area contributed by atoms with Gasteiger partial charge in [-0.15, -0.1) is 0 Å². The maximum Gasteiger partial charge on any atom is 0.132 e. The van der Waals surface area contributed by atoms with Crippen LogP contribution in [0.4, 0.5) is 8.78 Å². The fraction of sp³-hybridized carbons (Fsp3) is 0.143. The largest absolute Gasteiger partial charge is 0.497 e. The Kier molecular flexibility index (Phi) is 4.02. The summed E-state index contributed by atoms with van der Waals surface area (Å²) in [6.07, 6.45) is 0. The molecule has 2 nitrogen and oxygen atoms in total. The van der Waals surface area contributed by atoms with Gasteiger partial charge in [0, 0.05) is 22.2 Å². The second kappa shape index (κ2) is 5.55. The molecule has 0 bridgehead atoms. The highest BCUT2D eigenvalue weighted by Gasteiger charge is 2.18. The van der Waals surface area contributed by atoms with E-state index >= 15 is 0 Å². The molecule has 0 aliphatic rings. The number of methoxy groups -OCH3 is 1. The predicted molar refractivity (Wildman–Crippen MR) is 70.4 cm³/mol. The molecule has 0 spiro atoms. The van der Waals surface area contributed by atoms with Crippen molar-refractivity contribution in [1.29, 1.82) is 0 Å². The van der Waals surface area contributed by atoms with E-state index in [1.807, 2.05) is 0 Å². The third-order valence-electron chi connectivity index (χ3n) is 2.84. The number of hydrogen-bond donors (Lipinski definition) is 1. The molecule has 0 radical (unpaired) electrons. The molecule has 0 aromatic heterocycles. The van der Waals surface area contributed by atoms with Gasteiger partial charge in [-0.1, -0.05) is 17.7 Å². The van der Waals surface area contributed by atoms with Crippen molar-refractivity contribution < 1.29 is 13.5 Å². The molecular formula is C14H12ClF2NO. The van der Waals surface area contributed by atoms with Gasteiger partial charge in [0.15, 0.2) is 0 Å². The molecule has 5 heteroatoms. The van der Waals surface area contributed by atoms with Gasteiger partial charge in [-0.2, -0.15) is 0 Å². The van der Waals surface area contributed by atoms with Gasteiger partial charge in [0.2, 0.25) is 0 Å². The Labute approximate surface area is 114 Å². The Hall–Kier alpha value is -1.65. The molecule has 0 fully saturated rings. The first-order valence-electron chi connectivity index (χ1n) is 5.57. The van der Waals surface area contributed by atoms with Crippen LogP contribution in [0.25, 0.3) is 0 Å². The molecule has 0 saturated heterocycles. The quantitative estimate of drug-likeness (QED) is 0.933.